The zero-order valence-electron chi connectivity index (χ0n) is 7.83. The van der Waals surface area contributed by atoms with Gasteiger partial charge in [0.15, 0.2) is 0 Å². The second-order valence-corrected chi connectivity index (χ2v) is 3.60. The fourth-order valence-electron chi connectivity index (χ4n) is 1.54. The van der Waals surface area contributed by atoms with Crippen molar-refractivity contribution in [1.29, 1.82) is 0 Å². The monoisotopic (exact) mass is 174 g/mol. The van der Waals surface area contributed by atoms with E-state index >= 15 is 0 Å². The zero-order chi connectivity index (χ0) is 9.26. The van der Waals surface area contributed by atoms with Crippen LogP contribution in [0.1, 0.15) is 31.4 Å². The first kappa shape index (κ1) is 8.52. The van der Waals surface area contributed by atoms with E-state index in [1.165, 1.54) is 18.4 Å². The van der Waals surface area contributed by atoms with Crippen LogP contribution in [0, 0.1) is 0 Å². The Morgan fingerprint density at radius 1 is 1.23 bits per heavy atom. The van der Waals surface area contributed by atoms with Crippen molar-refractivity contribution in [3.63, 3.8) is 0 Å². The van der Waals surface area contributed by atoms with Crippen molar-refractivity contribution in [3.8, 4) is 0 Å². The summed E-state index contributed by atoms with van der Waals surface area (Å²) in [4.78, 5) is 0. The number of rotatable bonds is 2. The fraction of sp³-hybridized carbons (Fsp3) is 0.333. The molecule has 1 unspecified atom stereocenters. The molecule has 0 radical (unpaired) electrons. The molecule has 0 amide bonds. The lowest BCUT2D eigenvalue weighted by atomic mass is 10.0. The van der Waals surface area contributed by atoms with Gasteiger partial charge < -0.3 is 5.11 Å². The van der Waals surface area contributed by atoms with E-state index in [0.29, 0.717) is 0 Å². The van der Waals surface area contributed by atoms with E-state index in [0.717, 1.165) is 11.1 Å². The first-order valence-electron chi connectivity index (χ1n) is 4.70. The first-order chi connectivity index (χ1) is 6.29. The van der Waals surface area contributed by atoms with E-state index < -0.39 is 6.10 Å². The van der Waals surface area contributed by atoms with E-state index in [1.807, 2.05) is 37.3 Å². The van der Waals surface area contributed by atoms with Crippen molar-refractivity contribution >= 4 is 0 Å². The maximum atomic E-state index is 9.94. The van der Waals surface area contributed by atoms with Gasteiger partial charge in [-0.05, 0) is 30.9 Å². The summed E-state index contributed by atoms with van der Waals surface area (Å²) in [7, 11) is 0. The lowest BCUT2D eigenvalue weighted by Crippen LogP contribution is -1.98. The summed E-state index contributed by atoms with van der Waals surface area (Å²) in [5, 5.41) is 9.94. The summed E-state index contributed by atoms with van der Waals surface area (Å²) in [6.07, 6.45) is 1.96. The van der Waals surface area contributed by atoms with Crippen LogP contribution in [0.4, 0.5) is 0 Å². The largest absolute Gasteiger partial charge is 0.384 e. The smallest absolute Gasteiger partial charge is 0.100 e. The van der Waals surface area contributed by atoms with Crippen molar-refractivity contribution in [2.75, 3.05) is 0 Å². The van der Waals surface area contributed by atoms with Gasteiger partial charge in [-0.1, -0.05) is 35.9 Å². The molecule has 1 fully saturated rings. The number of benzene rings is 1. The minimum atomic E-state index is -0.390. The quantitative estimate of drug-likeness (QED) is 0.683. The molecule has 68 valence electrons. The average molecular weight is 174 g/mol. The maximum Gasteiger partial charge on any atom is 0.100 e. The van der Waals surface area contributed by atoms with Crippen LogP contribution in [0.2, 0.25) is 0 Å². The Hall–Kier alpha value is -1.08. The fourth-order valence-corrected chi connectivity index (χ4v) is 1.54. The van der Waals surface area contributed by atoms with Gasteiger partial charge in [0.1, 0.15) is 6.10 Å². The van der Waals surface area contributed by atoms with Crippen LogP contribution in [0.5, 0.6) is 0 Å². The van der Waals surface area contributed by atoms with Crippen molar-refractivity contribution in [3.05, 3.63) is 47.0 Å². The minimum Gasteiger partial charge on any atom is -0.384 e. The Bertz CT molecular complexity index is 318. The molecule has 2 rings (SSSR count). The number of hydrogen-bond acceptors (Lipinski definition) is 1. The molecule has 0 saturated heterocycles. The lowest BCUT2D eigenvalue weighted by molar-refractivity contribution is 0.215. The molecular weight excluding hydrogens is 160 g/mol. The molecule has 1 atom stereocenters. The number of allylic oxidation sites excluding steroid dienone is 1. The van der Waals surface area contributed by atoms with Crippen LogP contribution in [-0.2, 0) is 0 Å². The molecule has 0 spiro atoms. The number of aliphatic hydroxyl groups excluding tert-OH is 1. The van der Waals surface area contributed by atoms with Crippen LogP contribution in [0.25, 0.3) is 0 Å². The summed E-state index contributed by atoms with van der Waals surface area (Å²) in [6, 6.07) is 9.83. The van der Waals surface area contributed by atoms with E-state index in [1.54, 1.807) is 0 Å². The van der Waals surface area contributed by atoms with Crippen LogP contribution >= 0.6 is 0 Å². The van der Waals surface area contributed by atoms with Crippen molar-refractivity contribution in [1.82, 2.24) is 0 Å². The number of aliphatic hydroxyl groups is 1. The van der Waals surface area contributed by atoms with E-state index in [4.69, 9.17) is 0 Å². The SMILES string of the molecule is CC(=C1CC1)C(O)c1ccccc1. The third-order valence-electron chi connectivity index (χ3n) is 2.58. The van der Waals surface area contributed by atoms with Gasteiger partial charge in [0.25, 0.3) is 0 Å². The summed E-state index contributed by atoms with van der Waals surface area (Å²) >= 11 is 0. The third kappa shape index (κ3) is 1.81. The van der Waals surface area contributed by atoms with Crippen LogP contribution < -0.4 is 0 Å². The van der Waals surface area contributed by atoms with E-state index in [9.17, 15) is 5.11 Å². The Kier molecular flexibility index (Phi) is 2.19. The Balaban J connectivity index is 2.23. The van der Waals surface area contributed by atoms with Crippen LogP contribution in [0.3, 0.4) is 0 Å². The summed E-state index contributed by atoms with van der Waals surface area (Å²) in [5.41, 5.74) is 3.57. The molecule has 1 aromatic rings. The van der Waals surface area contributed by atoms with Gasteiger partial charge in [-0.25, -0.2) is 0 Å². The predicted molar refractivity (Wildman–Crippen MR) is 53.3 cm³/mol. The van der Waals surface area contributed by atoms with Crippen LogP contribution in [-0.4, -0.2) is 5.11 Å². The second-order valence-electron chi connectivity index (χ2n) is 3.60. The summed E-state index contributed by atoms with van der Waals surface area (Å²) in [5.74, 6) is 0. The highest BCUT2D eigenvalue weighted by molar-refractivity contribution is 5.32. The topological polar surface area (TPSA) is 20.2 Å². The van der Waals surface area contributed by atoms with Gasteiger partial charge in [0.05, 0.1) is 0 Å². The number of hydrogen-bond donors (Lipinski definition) is 1. The predicted octanol–water partition coefficient (Wildman–Crippen LogP) is 2.83. The molecule has 1 aliphatic rings. The Labute approximate surface area is 78.7 Å². The molecule has 1 aliphatic carbocycles. The van der Waals surface area contributed by atoms with Gasteiger partial charge in [0.2, 0.25) is 0 Å². The van der Waals surface area contributed by atoms with Gasteiger partial charge in [-0.3, -0.25) is 0 Å². The van der Waals surface area contributed by atoms with E-state index in [2.05, 4.69) is 0 Å². The molecule has 0 aliphatic heterocycles. The molecule has 13 heavy (non-hydrogen) atoms. The van der Waals surface area contributed by atoms with Crippen molar-refractivity contribution in [2.45, 2.75) is 25.9 Å². The Morgan fingerprint density at radius 2 is 1.85 bits per heavy atom. The zero-order valence-corrected chi connectivity index (χ0v) is 7.83. The minimum absolute atomic E-state index is 0.390. The summed E-state index contributed by atoms with van der Waals surface area (Å²) < 4.78 is 0. The molecule has 0 aromatic heterocycles. The average Bonchev–Trinajstić information content (AvgIpc) is 3.00. The van der Waals surface area contributed by atoms with Gasteiger partial charge >= 0.3 is 0 Å². The molecule has 1 nitrogen and oxygen atoms in total. The van der Waals surface area contributed by atoms with Gasteiger partial charge in [-0.2, -0.15) is 0 Å². The van der Waals surface area contributed by atoms with Gasteiger partial charge in [-0.15, -0.1) is 0 Å². The van der Waals surface area contributed by atoms with Gasteiger partial charge in [0, 0.05) is 0 Å². The molecule has 1 N–H and O–H groups in total. The normalized spacial score (nSPS) is 16.9. The maximum absolute atomic E-state index is 9.94. The van der Waals surface area contributed by atoms with Crippen molar-refractivity contribution < 1.29 is 5.11 Å². The molecule has 1 saturated carbocycles. The first-order valence-corrected chi connectivity index (χ1v) is 4.70. The standard InChI is InChI=1S/C12H14O/c1-9(10-7-8-10)12(13)11-5-3-2-4-6-11/h2-6,12-13H,7-8H2,1H3. The highest BCUT2D eigenvalue weighted by Gasteiger charge is 2.20. The van der Waals surface area contributed by atoms with E-state index in [-0.39, 0.29) is 0 Å². The second kappa shape index (κ2) is 3.35. The molecule has 0 heterocycles. The molecule has 1 heteroatoms. The highest BCUT2D eigenvalue weighted by atomic mass is 16.3. The lowest BCUT2D eigenvalue weighted by Gasteiger charge is -2.10. The Morgan fingerprint density at radius 3 is 2.38 bits per heavy atom. The molecule has 0 bridgehead atoms. The van der Waals surface area contributed by atoms with Crippen molar-refractivity contribution in [2.24, 2.45) is 0 Å². The highest BCUT2D eigenvalue weighted by Crippen LogP contribution is 2.36. The summed E-state index contributed by atoms with van der Waals surface area (Å²) in [6.45, 7) is 2.03. The molecule has 1 aromatic carbocycles. The molecular formula is C12H14O. The van der Waals surface area contributed by atoms with Crippen LogP contribution in [0.15, 0.2) is 41.5 Å². The third-order valence-corrected chi connectivity index (χ3v) is 2.58.